The first-order valence-electron chi connectivity index (χ1n) is 7.48. The predicted molar refractivity (Wildman–Crippen MR) is 84.3 cm³/mol. The van der Waals surface area contributed by atoms with E-state index in [9.17, 15) is 13.2 Å². The summed E-state index contributed by atoms with van der Waals surface area (Å²) < 4.78 is 24.1. The number of unbranched alkanes of at least 4 members (excludes halogenated alkanes) is 5. The molecule has 1 rings (SSSR count). The van der Waals surface area contributed by atoms with E-state index in [-0.39, 0.29) is 17.1 Å². The number of benzene rings is 1. The van der Waals surface area contributed by atoms with Crippen LogP contribution >= 0.6 is 0 Å². The average Bonchev–Trinajstić information content (AvgIpc) is 2.42. The van der Waals surface area contributed by atoms with Gasteiger partial charge in [-0.05, 0) is 18.1 Å². The van der Waals surface area contributed by atoms with Crippen LogP contribution in [0.15, 0.2) is 24.3 Å². The molecule has 0 fully saturated rings. The minimum Gasteiger partial charge on any atom is -0.478 e. The molecule has 0 heterocycles. The molecular formula is C16H24O4S. The lowest BCUT2D eigenvalue weighted by molar-refractivity contribution is 0.0696. The number of aromatic carboxylic acids is 1. The molecule has 5 heteroatoms. The topological polar surface area (TPSA) is 71.4 Å². The molecule has 1 aromatic carbocycles. The highest BCUT2D eigenvalue weighted by atomic mass is 32.2. The first-order valence-corrected chi connectivity index (χ1v) is 9.30. The van der Waals surface area contributed by atoms with Crippen molar-refractivity contribution in [2.45, 2.75) is 51.2 Å². The van der Waals surface area contributed by atoms with Crippen molar-refractivity contribution in [1.82, 2.24) is 0 Å². The highest BCUT2D eigenvalue weighted by Crippen LogP contribution is 2.15. The van der Waals surface area contributed by atoms with Gasteiger partial charge in [-0.3, -0.25) is 0 Å². The lowest BCUT2D eigenvalue weighted by atomic mass is 10.1. The molecule has 0 unspecified atom stereocenters. The largest absolute Gasteiger partial charge is 0.478 e. The Kier molecular flexibility index (Phi) is 7.43. The molecule has 0 aromatic heterocycles. The van der Waals surface area contributed by atoms with E-state index in [4.69, 9.17) is 5.11 Å². The van der Waals surface area contributed by atoms with Crippen LogP contribution in [0, 0.1) is 0 Å². The molecule has 0 spiro atoms. The molecule has 21 heavy (non-hydrogen) atoms. The first-order chi connectivity index (χ1) is 9.96. The van der Waals surface area contributed by atoms with Crippen LogP contribution in [0.25, 0.3) is 0 Å². The van der Waals surface area contributed by atoms with Crippen molar-refractivity contribution >= 4 is 15.8 Å². The summed E-state index contributed by atoms with van der Waals surface area (Å²) in [5, 5.41) is 9.06. The number of hydrogen-bond donors (Lipinski definition) is 1. The Morgan fingerprint density at radius 1 is 1.05 bits per heavy atom. The van der Waals surface area contributed by atoms with Gasteiger partial charge in [0, 0.05) is 0 Å². The predicted octanol–water partition coefficient (Wildman–Crippen LogP) is 3.66. The molecule has 0 aliphatic rings. The second-order valence-electron chi connectivity index (χ2n) is 5.32. The normalized spacial score (nSPS) is 11.5. The second kappa shape index (κ2) is 8.82. The Labute approximate surface area is 127 Å². The van der Waals surface area contributed by atoms with Gasteiger partial charge in [0.05, 0.1) is 17.1 Å². The average molecular weight is 312 g/mol. The highest BCUT2D eigenvalue weighted by molar-refractivity contribution is 7.90. The van der Waals surface area contributed by atoms with Gasteiger partial charge < -0.3 is 5.11 Å². The number of carboxylic acid groups (broad SMARTS) is 1. The maximum Gasteiger partial charge on any atom is 0.335 e. The van der Waals surface area contributed by atoms with Crippen LogP contribution in [0.2, 0.25) is 0 Å². The Morgan fingerprint density at radius 2 is 1.67 bits per heavy atom. The summed E-state index contributed by atoms with van der Waals surface area (Å²) in [5.74, 6) is -1.14. The Morgan fingerprint density at radius 3 is 2.33 bits per heavy atom. The summed E-state index contributed by atoms with van der Waals surface area (Å²) in [6.07, 6.45) is 6.15. The van der Waals surface area contributed by atoms with E-state index < -0.39 is 15.8 Å². The van der Waals surface area contributed by atoms with Crippen molar-refractivity contribution in [3.8, 4) is 0 Å². The number of sulfone groups is 1. The lowest BCUT2D eigenvalue weighted by Gasteiger charge is -2.07. The molecule has 1 N–H and O–H groups in total. The van der Waals surface area contributed by atoms with Crippen molar-refractivity contribution in [3.63, 3.8) is 0 Å². The van der Waals surface area contributed by atoms with Gasteiger partial charge in [0.25, 0.3) is 0 Å². The molecule has 0 saturated carbocycles. The van der Waals surface area contributed by atoms with Crippen molar-refractivity contribution in [1.29, 1.82) is 0 Å². The van der Waals surface area contributed by atoms with E-state index >= 15 is 0 Å². The van der Waals surface area contributed by atoms with E-state index in [2.05, 4.69) is 6.92 Å². The number of hydrogen-bond acceptors (Lipinski definition) is 3. The molecule has 0 saturated heterocycles. The van der Waals surface area contributed by atoms with Crippen LogP contribution in [0.4, 0.5) is 0 Å². The zero-order chi connectivity index (χ0) is 15.7. The Bertz CT molecular complexity index is 549. The molecule has 0 atom stereocenters. The number of rotatable bonds is 10. The van der Waals surface area contributed by atoms with Crippen molar-refractivity contribution in [2.24, 2.45) is 0 Å². The van der Waals surface area contributed by atoms with Crippen LogP contribution in [-0.2, 0) is 15.6 Å². The lowest BCUT2D eigenvalue weighted by Crippen LogP contribution is -2.12. The third-order valence-corrected chi connectivity index (χ3v) is 5.09. The summed E-state index contributed by atoms with van der Waals surface area (Å²) in [5.41, 5.74) is 0.444. The molecular weight excluding hydrogens is 288 g/mol. The SMILES string of the molecule is CCCCCCCCS(=O)(=O)Cc1ccccc1C(=O)O. The molecule has 118 valence electrons. The first kappa shape index (κ1) is 17.7. The fourth-order valence-corrected chi connectivity index (χ4v) is 3.78. The smallest absolute Gasteiger partial charge is 0.335 e. The summed E-state index contributed by atoms with van der Waals surface area (Å²) >= 11 is 0. The minimum absolute atomic E-state index is 0.0732. The van der Waals surface area contributed by atoms with Gasteiger partial charge in [-0.2, -0.15) is 0 Å². The van der Waals surface area contributed by atoms with Crippen LogP contribution < -0.4 is 0 Å². The molecule has 1 aromatic rings. The molecule has 0 amide bonds. The molecule has 0 aliphatic heterocycles. The van der Waals surface area contributed by atoms with Gasteiger partial charge in [0.2, 0.25) is 0 Å². The van der Waals surface area contributed by atoms with Crippen molar-refractivity contribution in [3.05, 3.63) is 35.4 Å². The quantitative estimate of drug-likeness (QED) is 0.669. The van der Waals surface area contributed by atoms with Gasteiger partial charge in [-0.15, -0.1) is 0 Å². The van der Waals surface area contributed by atoms with E-state index in [1.165, 1.54) is 18.9 Å². The minimum atomic E-state index is -3.25. The summed E-state index contributed by atoms with van der Waals surface area (Å²) in [6, 6.07) is 6.29. The van der Waals surface area contributed by atoms with Gasteiger partial charge in [0.15, 0.2) is 9.84 Å². The zero-order valence-corrected chi connectivity index (χ0v) is 13.4. The Hall–Kier alpha value is -1.36. The molecule has 0 bridgehead atoms. The summed E-state index contributed by atoms with van der Waals surface area (Å²) in [7, 11) is -3.25. The van der Waals surface area contributed by atoms with Crippen LogP contribution in [-0.4, -0.2) is 25.2 Å². The van der Waals surface area contributed by atoms with Crippen LogP contribution in [0.1, 0.15) is 61.4 Å². The molecule has 4 nitrogen and oxygen atoms in total. The van der Waals surface area contributed by atoms with Gasteiger partial charge in [0.1, 0.15) is 0 Å². The third-order valence-electron chi connectivity index (χ3n) is 3.43. The number of carbonyl (C=O) groups is 1. The van der Waals surface area contributed by atoms with Crippen LogP contribution in [0.5, 0.6) is 0 Å². The van der Waals surface area contributed by atoms with Gasteiger partial charge >= 0.3 is 5.97 Å². The summed E-state index contributed by atoms with van der Waals surface area (Å²) in [6.45, 7) is 2.14. The number of carboxylic acids is 1. The van der Waals surface area contributed by atoms with E-state index in [0.29, 0.717) is 12.0 Å². The van der Waals surface area contributed by atoms with Crippen LogP contribution in [0.3, 0.4) is 0 Å². The van der Waals surface area contributed by atoms with Gasteiger partial charge in [-0.1, -0.05) is 57.2 Å². The fraction of sp³-hybridized carbons (Fsp3) is 0.562. The molecule has 0 radical (unpaired) electrons. The van der Waals surface area contributed by atoms with Gasteiger partial charge in [-0.25, -0.2) is 13.2 Å². The van der Waals surface area contributed by atoms with E-state index in [0.717, 1.165) is 19.3 Å². The van der Waals surface area contributed by atoms with E-state index in [1.54, 1.807) is 18.2 Å². The monoisotopic (exact) mass is 312 g/mol. The maximum atomic E-state index is 12.1. The van der Waals surface area contributed by atoms with Crippen molar-refractivity contribution in [2.75, 3.05) is 5.75 Å². The fourth-order valence-electron chi connectivity index (χ4n) is 2.27. The van der Waals surface area contributed by atoms with E-state index in [1.807, 2.05) is 0 Å². The molecule has 0 aliphatic carbocycles. The standard InChI is InChI=1S/C16H24O4S/c1-2-3-4-5-6-9-12-21(19,20)13-14-10-7-8-11-15(14)16(17)18/h7-8,10-11H,2-6,9,12-13H2,1H3,(H,17,18). The Balaban J connectivity index is 2.51. The second-order valence-corrected chi connectivity index (χ2v) is 7.51. The zero-order valence-electron chi connectivity index (χ0n) is 12.5. The van der Waals surface area contributed by atoms with Crippen molar-refractivity contribution < 1.29 is 18.3 Å². The summed E-state index contributed by atoms with van der Waals surface area (Å²) in [4.78, 5) is 11.1. The third kappa shape index (κ3) is 6.76. The highest BCUT2D eigenvalue weighted by Gasteiger charge is 2.16. The maximum absolute atomic E-state index is 12.1.